The summed E-state index contributed by atoms with van der Waals surface area (Å²) in [6.07, 6.45) is 1.40. The summed E-state index contributed by atoms with van der Waals surface area (Å²) in [6, 6.07) is 35.9. The molecule has 38 heavy (non-hydrogen) atoms. The van der Waals surface area contributed by atoms with Gasteiger partial charge in [0.25, 0.3) is 0 Å². The Morgan fingerprint density at radius 2 is 1.13 bits per heavy atom. The molecule has 0 aliphatic carbocycles. The fraction of sp³-hybridized carbons (Fsp3) is 0.156. The Hall–Kier alpha value is -4.71. The number of hydrogen-bond donors (Lipinski definition) is 1. The number of pyridine rings is 1. The quantitative estimate of drug-likeness (QED) is 0.0935. The van der Waals surface area contributed by atoms with E-state index >= 15 is 0 Å². The molecule has 0 saturated heterocycles. The molecule has 0 unspecified atom stereocenters. The van der Waals surface area contributed by atoms with Gasteiger partial charge >= 0.3 is 11.9 Å². The van der Waals surface area contributed by atoms with Crippen LogP contribution in [-0.4, -0.2) is 30.1 Å². The zero-order valence-electron chi connectivity index (χ0n) is 21.5. The standard InChI is InChI=1S/C32H30N2O4/c1-3-37-30(35)28(31(36)38-4-2)23-27-21-14-22-29(33-27)34-32(24-15-8-5-9-16-24,25-17-10-6-11-18-25)26-19-12-7-13-20-26/h5-23H,3-4H2,1-2H3,(H,33,34). The predicted molar refractivity (Wildman–Crippen MR) is 148 cm³/mol. The van der Waals surface area contributed by atoms with Gasteiger partial charge in [0.1, 0.15) is 16.9 Å². The molecule has 0 fully saturated rings. The first-order chi connectivity index (χ1) is 18.6. The number of carbonyl (C=O) groups excluding carboxylic acids is 2. The summed E-state index contributed by atoms with van der Waals surface area (Å²) < 4.78 is 10.2. The highest BCUT2D eigenvalue weighted by Gasteiger charge is 2.36. The molecule has 4 aromatic rings. The average Bonchev–Trinajstić information content (AvgIpc) is 2.96. The van der Waals surface area contributed by atoms with Crippen LogP contribution in [0.5, 0.6) is 0 Å². The fourth-order valence-electron chi connectivity index (χ4n) is 4.34. The van der Waals surface area contributed by atoms with Crippen molar-refractivity contribution in [3.8, 4) is 0 Å². The minimum absolute atomic E-state index is 0.137. The lowest BCUT2D eigenvalue weighted by Crippen LogP contribution is -2.38. The second-order valence-electron chi connectivity index (χ2n) is 8.42. The molecule has 0 bridgehead atoms. The first-order valence-corrected chi connectivity index (χ1v) is 12.6. The third kappa shape index (κ3) is 5.81. The molecular weight excluding hydrogens is 476 g/mol. The maximum absolute atomic E-state index is 12.5. The largest absolute Gasteiger partial charge is 0.462 e. The van der Waals surface area contributed by atoms with Gasteiger partial charge in [-0.3, -0.25) is 0 Å². The number of carbonyl (C=O) groups is 2. The highest BCUT2D eigenvalue weighted by Crippen LogP contribution is 2.39. The second kappa shape index (κ2) is 12.5. The Bertz CT molecular complexity index is 1270. The third-order valence-electron chi connectivity index (χ3n) is 5.99. The van der Waals surface area contributed by atoms with Crippen LogP contribution in [0.4, 0.5) is 5.82 Å². The molecule has 3 aromatic carbocycles. The maximum atomic E-state index is 12.5. The number of benzene rings is 3. The van der Waals surface area contributed by atoms with Gasteiger partial charge in [0, 0.05) is 0 Å². The number of esters is 2. The summed E-state index contributed by atoms with van der Waals surface area (Å²) in [5, 5.41) is 3.69. The molecule has 6 nitrogen and oxygen atoms in total. The topological polar surface area (TPSA) is 77.5 Å². The zero-order valence-corrected chi connectivity index (χ0v) is 21.5. The Balaban J connectivity index is 1.85. The average molecular weight is 507 g/mol. The van der Waals surface area contributed by atoms with Gasteiger partial charge in [-0.25, -0.2) is 14.6 Å². The number of nitrogens with zero attached hydrogens (tertiary/aromatic N) is 1. The van der Waals surface area contributed by atoms with Gasteiger partial charge in [-0.15, -0.1) is 0 Å². The van der Waals surface area contributed by atoms with Crippen LogP contribution in [0.1, 0.15) is 36.2 Å². The van der Waals surface area contributed by atoms with Crippen LogP contribution < -0.4 is 5.32 Å². The van der Waals surface area contributed by atoms with E-state index in [1.807, 2.05) is 66.7 Å². The van der Waals surface area contributed by atoms with Crippen LogP contribution in [-0.2, 0) is 24.6 Å². The monoisotopic (exact) mass is 506 g/mol. The zero-order chi connectivity index (χ0) is 26.8. The lowest BCUT2D eigenvalue weighted by Gasteiger charge is -2.37. The van der Waals surface area contributed by atoms with Crippen LogP contribution in [0.3, 0.4) is 0 Å². The fourth-order valence-corrected chi connectivity index (χ4v) is 4.34. The van der Waals surface area contributed by atoms with Gasteiger partial charge in [-0.1, -0.05) is 97.1 Å². The van der Waals surface area contributed by atoms with Crippen LogP contribution >= 0.6 is 0 Å². The summed E-state index contributed by atoms with van der Waals surface area (Å²) in [7, 11) is 0. The van der Waals surface area contributed by atoms with E-state index in [9.17, 15) is 9.59 Å². The van der Waals surface area contributed by atoms with Crippen molar-refractivity contribution in [3.63, 3.8) is 0 Å². The van der Waals surface area contributed by atoms with E-state index in [2.05, 4.69) is 41.7 Å². The Morgan fingerprint density at radius 3 is 1.55 bits per heavy atom. The minimum Gasteiger partial charge on any atom is -0.462 e. The number of nitrogens with one attached hydrogen (secondary N) is 1. The molecule has 1 N–H and O–H groups in total. The van der Waals surface area contributed by atoms with E-state index in [0.717, 1.165) is 16.7 Å². The lowest BCUT2D eigenvalue weighted by atomic mass is 9.77. The first-order valence-electron chi connectivity index (χ1n) is 12.6. The van der Waals surface area contributed by atoms with E-state index in [1.54, 1.807) is 19.9 Å². The van der Waals surface area contributed by atoms with Crippen molar-refractivity contribution in [3.05, 3.63) is 137 Å². The van der Waals surface area contributed by atoms with Gasteiger partial charge in [0.15, 0.2) is 0 Å². The summed E-state index contributed by atoms with van der Waals surface area (Å²) >= 11 is 0. The molecule has 192 valence electrons. The van der Waals surface area contributed by atoms with Crippen LogP contribution in [0, 0.1) is 0 Å². The SMILES string of the molecule is CCOC(=O)C(=Cc1cccc(NC(c2ccccc2)(c2ccccc2)c2ccccc2)n1)C(=O)OCC. The van der Waals surface area contributed by atoms with Crippen molar-refractivity contribution in [2.75, 3.05) is 18.5 Å². The molecule has 0 amide bonds. The normalized spacial score (nSPS) is 10.8. The van der Waals surface area contributed by atoms with Gasteiger partial charge in [-0.2, -0.15) is 0 Å². The van der Waals surface area contributed by atoms with Crippen molar-refractivity contribution in [1.82, 2.24) is 4.98 Å². The van der Waals surface area contributed by atoms with E-state index < -0.39 is 17.5 Å². The van der Waals surface area contributed by atoms with Crippen molar-refractivity contribution in [2.45, 2.75) is 19.4 Å². The molecular formula is C32H30N2O4. The minimum atomic E-state index is -0.774. The first kappa shape index (κ1) is 26.4. The Labute approximate surface area is 223 Å². The van der Waals surface area contributed by atoms with Crippen molar-refractivity contribution in [1.29, 1.82) is 0 Å². The van der Waals surface area contributed by atoms with E-state index in [0.29, 0.717) is 11.5 Å². The number of aromatic nitrogens is 1. The van der Waals surface area contributed by atoms with Crippen LogP contribution in [0.15, 0.2) is 115 Å². The molecule has 1 heterocycles. The van der Waals surface area contributed by atoms with E-state index in [-0.39, 0.29) is 18.8 Å². The maximum Gasteiger partial charge on any atom is 0.345 e. The Kier molecular flexibility index (Phi) is 8.67. The number of hydrogen-bond acceptors (Lipinski definition) is 6. The summed E-state index contributed by atoms with van der Waals surface area (Å²) in [4.78, 5) is 29.8. The molecule has 0 spiro atoms. The van der Waals surface area contributed by atoms with E-state index in [1.165, 1.54) is 6.08 Å². The number of ether oxygens (including phenoxy) is 2. The molecule has 0 aliphatic heterocycles. The van der Waals surface area contributed by atoms with Gasteiger partial charge < -0.3 is 14.8 Å². The van der Waals surface area contributed by atoms with Crippen LogP contribution in [0.2, 0.25) is 0 Å². The predicted octanol–water partition coefficient (Wildman–Crippen LogP) is 6.00. The van der Waals surface area contributed by atoms with Gasteiger partial charge in [0.05, 0.1) is 18.9 Å². The molecule has 0 saturated carbocycles. The van der Waals surface area contributed by atoms with Crippen molar-refractivity contribution in [2.24, 2.45) is 0 Å². The molecule has 1 aromatic heterocycles. The van der Waals surface area contributed by atoms with Gasteiger partial charge in [0.2, 0.25) is 0 Å². The third-order valence-corrected chi connectivity index (χ3v) is 5.99. The lowest BCUT2D eigenvalue weighted by molar-refractivity contribution is -0.146. The second-order valence-corrected chi connectivity index (χ2v) is 8.42. The van der Waals surface area contributed by atoms with Crippen LogP contribution in [0.25, 0.3) is 6.08 Å². The van der Waals surface area contributed by atoms with Crippen molar-refractivity contribution < 1.29 is 19.1 Å². The molecule has 6 heteroatoms. The van der Waals surface area contributed by atoms with Gasteiger partial charge in [-0.05, 0) is 48.7 Å². The molecule has 0 atom stereocenters. The molecule has 4 rings (SSSR count). The molecule has 0 aliphatic rings. The summed E-state index contributed by atoms with van der Waals surface area (Å²) in [6.45, 7) is 3.64. The molecule has 0 radical (unpaired) electrons. The number of rotatable bonds is 10. The summed E-state index contributed by atoms with van der Waals surface area (Å²) in [5.41, 5.74) is 2.51. The van der Waals surface area contributed by atoms with Crippen molar-refractivity contribution >= 4 is 23.8 Å². The highest BCUT2D eigenvalue weighted by molar-refractivity contribution is 6.17. The smallest absolute Gasteiger partial charge is 0.345 e. The van der Waals surface area contributed by atoms with E-state index in [4.69, 9.17) is 14.5 Å². The Morgan fingerprint density at radius 1 is 0.684 bits per heavy atom. The number of anilines is 1. The summed E-state index contributed by atoms with van der Waals surface area (Å²) in [5.74, 6) is -0.945. The highest BCUT2D eigenvalue weighted by atomic mass is 16.6.